The molecule has 0 aromatic heterocycles. The van der Waals surface area contributed by atoms with Crippen LogP contribution in [0.25, 0.3) is 0 Å². The smallest absolute Gasteiger partial charge is 0.140 e. The van der Waals surface area contributed by atoms with Crippen molar-refractivity contribution < 1.29 is 9.84 Å². The van der Waals surface area contributed by atoms with Gasteiger partial charge in [-0.3, -0.25) is 0 Å². The monoisotopic (exact) mass is 161 g/mol. The SMILES string of the molecule is [O]CC1=CCc2ccccc2O1. The molecule has 1 aromatic carbocycles. The Morgan fingerprint density at radius 1 is 1.33 bits per heavy atom. The lowest BCUT2D eigenvalue weighted by molar-refractivity contribution is 0.180. The Hall–Kier alpha value is -1.28. The second kappa shape index (κ2) is 2.99. The third-order valence-electron chi connectivity index (χ3n) is 1.91. The molecule has 0 spiro atoms. The molecule has 12 heavy (non-hydrogen) atoms. The molecular weight excluding hydrogens is 152 g/mol. The van der Waals surface area contributed by atoms with Gasteiger partial charge < -0.3 is 4.74 Å². The summed E-state index contributed by atoms with van der Waals surface area (Å²) in [5.41, 5.74) is 1.15. The topological polar surface area (TPSA) is 29.1 Å². The number of benzene rings is 1. The van der Waals surface area contributed by atoms with Crippen LogP contribution in [0.1, 0.15) is 5.56 Å². The maximum Gasteiger partial charge on any atom is 0.140 e. The Morgan fingerprint density at radius 2 is 2.17 bits per heavy atom. The van der Waals surface area contributed by atoms with E-state index in [-0.39, 0.29) is 6.61 Å². The first kappa shape index (κ1) is 7.37. The molecule has 0 atom stereocenters. The molecule has 0 saturated heterocycles. The minimum absolute atomic E-state index is 0.270. The number of fused-ring (bicyclic) bond motifs is 1. The lowest BCUT2D eigenvalue weighted by Gasteiger charge is -2.15. The first-order valence-corrected chi connectivity index (χ1v) is 3.93. The van der Waals surface area contributed by atoms with E-state index in [9.17, 15) is 5.11 Å². The van der Waals surface area contributed by atoms with Crippen molar-refractivity contribution in [3.63, 3.8) is 0 Å². The average Bonchev–Trinajstić information content (AvgIpc) is 2.17. The van der Waals surface area contributed by atoms with Crippen molar-refractivity contribution in [2.75, 3.05) is 6.61 Å². The van der Waals surface area contributed by atoms with Crippen molar-refractivity contribution in [2.24, 2.45) is 0 Å². The Morgan fingerprint density at radius 3 is 3.00 bits per heavy atom. The van der Waals surface area contributed by atoms with E-state index in [2.05, 4.69) is 0 Å². The van der Waals surface area contributed by atoms with Crippen LogP contribution in [0.3, 0.4) is 0 Å². The summed E-state index contributed by atoms with van der Waals surface area (Å²) in [5, 5.41) is 10.5. The van der Waals surface area contributed by atoms with Gasteiger partial charge in [-0.1, -0.05) is 18.2 Å². The Bertz CT molecular complexity index is 315. The van der Waals surface area contributed by atoms with Crippen LogP contribution >= 0.6 is 0 Å². The summed E-state index contributed by atoms with van der Waals surface area (Å²) in [6, 6.07) is 7.77. The molecule has 61 valence electrons. The Labute approximate surface area is 71.1 Å². The number of hydrogen-bond acceptors (Lipinski definition) is 1. The fourth-order valence-corrected chi connectivity index (χ4v) is 1.27. The molecule has 1 aliphatic heterocycles. The number of allylic oxidation sites excluding steroid dienone is 1. The fraction of sp³-hybridized carbons (Fsp3) is 0.200. The van der Waals surface area contributed by atoms with Crippen LogP contribution in [-0.4, -0.2) is 6.61 Å². The predicted molar refractivity (Wildman–Crippen MR) is 44.4 cm³/mol. The van der Waals surface area contributed by atoms with Crippen LogP contribution in [0.4, 0.5) is 0 Å². The number of rotatable bonds is 1. The van der Waals surface area contributed by atoms with Crippen LogP contribution < -0.4 is 4.74 Å². The van der Waals surface area contributed by atoms with Crippen LogP contribution in [0.15, 0.2) is 36.1 Å². The summed E-state index contributed by atoms with van der Waals surface area (Å²) in [7, 11) is 0. The Kier molecular flexibility index (Phi) is 1.84. The van der Waals surface area contributed by atoms with Crippen LogP contribution in [0, 0.1) is 0 Å². The van der Waals surface area contributed by atoms with Gasteiger partial charge in [-0.25, -0.2) is 5.11 Å². The summed E-state index contributed by atoms with van der Waals surface area (Å²) in [6.07, 6.45) is 2.66. The molecule has 1 radical (unpaired) electrons. The predicted octanol–water partition coefficient (Wildman–Crippen LogP) is 1.94. The van der Waals surface area contributed by atoms with E-state index in [0.717, 1.165) is 17.7 Å². The molecule has 0 bridgehead atoms. The van der Waals surface area contributed by atoms with E-state index in [0.29, 0.717) is 5.76 Å². The number of hydrogen-bond donors (Lipinski definition) is 0. The maximum absolute atomic E-state index is 10.5. The van der Waals surface area contributed by atoms with Crippen molar-refractivity contribution in [3.05, 3.63) is 41.7 Å². The van der Waals surface area contributed by atoms with Crippen molar-refractivity contribution in [2.45, 2.75) is 6.42 Å². The van der Waals surface area contributed by atoms with E-state index in [1.807, 2.05) is 30.3 Å². The lowest BCUT2D eigenvalue weighted by atomic mass is 10.1. The summed E-state index contributed by atoms with van der Waals surface area (Å²) in [6.45, 7) is -0.270. The van der Waals surface area contributed by atoms with Crippen molar-refractivity contribution in [3.8, 4) is 5.75 Å². The van der Waals surface area contributed by atoms with Gasteiger partial charge in [-0.2, -0.15) is 0 Å². The summed E-state index contributed by atoms with van der Waals surface area (Å²) >= 11 is 0. The molecular formula is C10H9O2. The van der Waals surface area contributed by atoms with Crippen molar-refractivity contribution in [1.82, 2.24) is 0 Å². The van der Waals surface area contributed by atoms with Crippen LogP contribution in [0.5, 0.6) is 5.75 Å². The molecule has 0 unspecified atom stereocenters. The summed E-state index contributed by atoms with van der Waals surface area (Å²) in [5.74, 6) is 1.36. The standard InChI is InChI=1S/C10H9O2/c11-7-9-6-5-8-3-1-2-4-10(8)12-9/h1-4,6H,5,7H2. The number of ether oxygens (including phenoxy) is 1. The van der Waals surface area contributed by atoms with E-state index in [1.165, 1.54) is 0 Å². The molecule has 2 nitrogen and oxygen atoms in total. The molecule has 0 aliphatic carbocycles. The lowest BCUT2D eigenvalue weighted by Crippen LogP contribution is -2.06. The van der Waals surface area contributed by atoms with Gasteiger partial charge in [0.1, 0.15) is 18.1 Å². The quantitative estimate of drug-likeness (QED) is 0.618. The largest absolute Gasteiger partial charge is 0.459 e. The van der Waals surface area contributed by atoms with E-state index >= 15 is 0 Å². The second-order valence-corrected chi connectivity index (χ2v) is 2.73. The Balaban J connectivity index is 2.31. The van der Waals surface area contributed by atoms with Gasteiger partial charge in [-0.15, -0.1) is 0 Å². The highest BCUT2D eigenvalue weighted by Gasteiger charge is 2.10. The van der Waals surface area contributed by atoms with Crippen LogP contribution in [-0.2, 0) is 11.5 Å². The average molecular weight is 161 g/mol. The molecule has 0 amide bonds. The molecule has 1 aliphatic rings. The van der Waals surface area contributed by atoms with Crippen molar-refractivity contribution in [1.29, 1.82) is 0 Å². The molecule has 0 saturated carbocycles. The third kappa shape index (κ3) is 1.21. The molecule has 2 heteroatoms. The third-order valence-corrected chi connectivity index (χ3v) is 1.91. The van der Waals surface area contributed by atoms with Gasteiger partial charge in [-0.05, 0) is 24.1 Å². The molecule has 2 rings (SSSR count). The molecule has 0 fully saturated rings. The van der Waals surface area contributed by atoms with Gasteiger partial charge in [0.15, 0.2) is 0 Å². The summed E-state index contributed by atoms with van der Waals surface area (Å²) < 4.78 is 5.33. The van der Waals surface area contributed by atoms with Gasteiger partial charge in [0.05, 0.1) is 0 Å². The number of para-hydroxylation sites is 1. The summed E-state index contributed by atoms with van der Waals surface area (Å²) in [4.78, 5) is 0. The first-order chi connectivity index (χ1) is 5.90. The minimum atomic E-state index is -0.270. The molecule has 1 aromatic rings. The minimum Gasteiger partial charge on any atom is -0.459 e. The fourth-order valence-electron chi connectivity index (χ4n) is 1.27. The van der Waals surface area contributed by atoms with E-state index < -0.39 is 0 Å². The van der Waals surface area contributed by atoms with Crippen molar-refractivity contribution >= 4 is 0 Å². The zero-order valence-electron chi connectivity index (χ0n) is 6.62. The zero-order chi connectivity index (χ0) is 8.39. The van der Waals surface area contributed by atoms with Gasteiger partial charge in [0.2, 0.25) is 0 Å². The molecule has 1 heterocycles. The zero-order valence-corrected chi connectivity index (χ0v) is 6.62. The first-order valence-electron chi connectivity index (χ1n) is 3.93. The van der Waals surface area contributed by atoms with Crippen LogP contribution in [0.2, 0.25) is 0 Å². The molecule has 0 N–H and O–H groups in total. The van der Waals surface area contributed by atoms with Gasteiger partial charge in [0, 0.05) is 0 Å². The highest BCUT2D eigenvalue weighted by molar-refractivity contribution is 5.38. The van der Waals surface area contributed by atoms with Gasteiger partial charge >= 0.3 is 0 Å². The highest BCUT2D eigenvalue weighted by atomic mass is 16.5. The maximum atomic E-state index is 10.5. The van der Waals surface area contributed by atoms with Gasteiger partial charge in [0.25, 0.3) is 0 Å². The normalized spacial score (nSPS) is 14.6. The van der Waals surface area contributed by atoms with E-state index in [4.69, 9.17) is 4.74 Å². The highest BCUT2D eigenvalue weighted by Crippen LogP contribution is 2.25. The van der Waals surface area contributed by atoms with E-state index in [1.54, 1.807) is 0 Å². The second-order valence-electron chi connectivity index (χ2n) is 2.73.